The Morgan fingerprint density at radius 1 is 1.22 bits per heavy atom. The van der Waals surface area contributed by atoms with E-state index in [0.29, 0.717) is 0 Å². The molecule has 0 aliphatic rings. The molecule has 0 unspecified atom stereocenters. The number of unbranched alkanes of at least 4 members (excludes halogenated alkanes) is 1. The van der Waals surface area contributed by atoms with Crippen LogP contribution in [0.3, 0.4) is 0 Å². The molecule has 0 aliphatic heterocycles. The van der Waals surface area contributed by atoms with Gasteiger partial charge in [0.05, 0.1) is 0 Å². The number of pyridine rings is 1. The zero-order chi connectivity index (χ0) is 13.4. The van der Waals surface area contributed by atoms with Crippen LogP contribution in [0.1, 0.15) is 44.4 Å². The second-order valence-electron chi connectivity index (χ2n) is 4.93. The Morgan fingerprint density at radius 3 is 2.67 bits per heavy atom. The summed E-state index contributed by atoms with van der Waals surface area (Å²) in [6.07, 6.45) is 3.62. The lowest BCUT2D eigenvalue weighted by Crippen LogP contribution is -2.21. The molecule has 1 aromatic rings. The predicted molar refractivity (Wildman–Crippen MR) is 79.1 cm³/mol. The van der Waals surface area contributed by atoms with E-state index in [1.54, 1.807) is 0 Å². The van der Waals surface area contributed by atoms with E-state index in [1.165, 1.54) is 24.8 Å². The van der Waals surface area contributed by atoms with Crippen LogP contribution in [0.15, 0.2) is 12.1 Å². The van der Waals surface area contributed by atoms with Crippen molar-refractivity contribution >= 4 is 5.82 Å². The van der Waals surface area contributed by atoms with Gasteiger partial charge in [0, 0.05) is 25.8 Å². The van der Waals surface area contributed by atoms with Crippen molar-refractivity contribution in [3.8, 4) is 0 Å². The lowest BCUT2D eigenvalue weighted by molar-refractivity contribution is 0.673. The van der Waals surface area contributed by atoms with Crippen LogP contribution < -0.4 is 10.2 Å². The summed E-state index contributed by atoms with van der Waals surface area (Å²) >= 11 is 0. The third-order valence-corrected chi connectivity index (χ3v) is 2.99. The standard InChI is InChI=1S/C15H27N3/c1-5-7-9-18(4)15-11-14(10-13(3)17-15)12-16-8-6-2/h10-11,16H,5-9,12H2,1-4H3. The van der Waals surface area contributed by atoms with Gasteiger partial charge in [0.15, 0.2) is 0 Å². The molecule has 0 radical (unpaired) electrons. The van der Waals surface area contributed by atoms with E-state index < -0.39 is 0 Å². The van der Waals surface area contributed by atoms with E-state index in [1.807, 2.05) is 0 Å². The highest BCUT2D eigenvalue weighted by atomic mass is 15.2. The molecule has 0 amide bonds. The van der Waals surface area contributed by atoms with Gasteiger partial charge in [0.2, 0.25) is 0 Å². The topological polar surface area (TPSA) is 28.2 Å². The summed E-state index contributed by atoms with van der Waals surface area (Å²) in [4.78, 5) is 6.86. The maximum atomic E-state index is 4.61. The summed E-state index contributed by atoms with van der Waals surface area (Å²) in [5, 5.41) is 3.44. The lowest BCUT2D eigenvalue weighted by Gasteiger charge is -2.19. The first kappa shape index (κ1) is 15.0. The van der Waals surface area contributed by atoms with Crippen molar-refractivity contribution in [2.75, 3.05) is 25.0 Å². The Hall–Kier alpha value is -1.09. The fourth-order valence-corrected chi connectivity index (χ4v) is 1.94. The van der Waals surface area contributed by atoms with Crippen LogP contribution in [-0.4, -0.2) is 25.1 Å². The maximum absolute atomic E-state index is 4.61. The first-order chi connectivity index (χ1) is 8.67. The van der Waals surface area contributed by atoms with Crippen molar-refractivity contribution in [1.29, 1.82) is 0 Å². The van der Waals surface area contributed by atoms with Crippen molar-refractivity contribution in [2.45, 2.75) is 46.6 Å². The number of anilines is 1. The zero-order valence-corrected chi connectivity index (χ0v) is 12.3. The average Bonchev–Trinajstić information content (AvgIpc) is 2.35. The summed E-state index contributed by atoms with van der Waals surface area (Å²) < 4.78 is 0. The van der Waals surface area contributed by atoms with Gasteiger partial charge in [0.1, 0.15) is 5.82 Å². The Labute approximate surface area is 112 Å². The molecule has 1 aromatic heterocycles. The molecule has 0 aromatic carbocycles. The lowest BCUT2D eigenvalue weighted by atomic mass is 10.2. The number of nitrogens with one attached hydrogen (secondary N) is 1. The summed E-state index contributed by atoms with van der Waals surface area (Å²) in [6.45, 7) is 9.57. The van der Waals surface area contributed by atoms with Gasteiger partial charge in [0.25, 0.3) is 0 Å². The number of nitrogens with zero attached hydrogens (tertiary/aromatic N) is 2. The van der Waals surface area contributed by atoms with Gasteiger partial charge in [-0.05, 0) is 44.0 Å². The smallest absolute Gasteiger partial charge is 0.128 e. The molecule has 0 bridgehead atoms. The number of aromatic nitrogens is 1. The molecule has 0 saturated carbocycles. The molecular weight excluding hydrogens is 222 g/mol. The highest BCUT2D eigenvalue weighted by Crippen LogP contribution is 2.14. The summed E-state index contributed by atoms with van der Waals surface area (Å²) in [7, 11) is 2.13. The van der Waals surface area contributed by atoms with Gasteiger partial charge in [-0.25, -0.2) is 4.98 Å². The molecule has 0 fully saturated rings. The molecule has 0 aliphatic carbocycles. The van der Waals surface area contributed by atoms with Crippen LogP contribution in [0.5, 0.6) is 0 Å². The molecule has 102 valence electrons. The summed E-state index contributed by atoms with van der Waals surface area (Å²) in [6, 6.07) is 4.37. The van der Waals surface area contributed by atoms with Crippen LogP contribution >= 0.6 is 0 Å². The Kier molecular flexibility index (Phi) is 6.73. The molecule has 0 saturated heterocycles. The van der Waals surface area contributed by atoms with Crippen LogP contribution in [0.25, 0.3) is 0 Å². The monoisotopic (exact) mass is 249 g/mol. The van der Waals surface area contributed by atoms with Crippen molar-refractivity contribution in [3.05, 3.63) is 23.4 Å². The second-order valence-corrected chi connectivity index (χ2v) is 4.93. The van der Waals surface area contributed by atoms with Gasteiger partial charge >= 0.3 is 0 Å². The molecule has 1 heterocycles. The molecule has 3 nitrogen and oxygen atoms in total. The third kappa shape index (κ3) is 5.05. The third-order valence-electron chi connectivity index (χ3n) is 2.99. The van der Waals surface area contributed by atoms with Crippen LogP contribution in [-0.2, 0) is 6.54 Å². The van der Waals surface area contributed by atoms with E-state index in [2.05, 4.69) is 55.2 Å². The first-order valence-corrected chi connectivity index (χ1v) is 7.06. The molecule has 3 heteroatoms. The molecule has 1 rings (SSSR count). The Bertz CT molecular complexity index is 350. The normalized spacial score (nSPS) is 10.7. The van der Waals surface area contributed by atoms with Crippen LogP contribution in [0.2, 0.25) is 0 Å². The molecule has 0 atom stereocenters. The van der Waals surface area contributed by atoms with E-state index in [-0.39, 0.29) is 0 Å². The number of hydrogen-bond acceptors (Lipinski definition) is 3. The van der Waals surface area contributed by atoms with Gasteiger partial charge in [-0.1, -0.05) is 20.3 Å². The Morgan fingerprint density at radius 2 is 2.00 bits per heavy atom. The largest absolute Gasteiger partial charge is 0.360 e. The minimum Gasteiger partial charge on any atom is -0.360 e. The van der Waals surface area contributed by atoms with E-state index in [9.17, 15) is 0 Å². The van der Waals surface area contributed by atoms with Gasteiger partial charge < -0.3 is 10.2 Å². The van der Waals surface area contributed by atoms with Crippen molar-refractivity contribution in [1.82, 2.24) is 10.3 Å². The van der Waals surface area contributed by atoms with E-state index >= 15 is 0 Å². The summed E-state index contributed by atoms with van der Waals surface area (Å²) in [5.41, 5.74) is 2.43. The number of aryl methyl sites for hydroxylation is 1. The summed E-state index contributed by atoms with van der Waals surface area (Å²) in [5.74, 6) is 1.09. The fourth-order valence-electron chi connectivity index (χ4n) is 1.94. The Balaban J connectivity index is 2.67. The number of rotatable bonds is 8. The van der Waals surface area contributed by atoms with Gasteiger partial charge in [-0.2, -0.15) is 0 Å². The highest BCUT2D eigenvalue weighted by Gasteiger charge is 2.04. The molecule has 18 heavy (non-hydrogen) atoms. The first-order valence-electron chi connectivity index (χ1n) is 7.06. The van der Waals surface area contributed by atoms with Crippen LogP contribution in [0, 0.1) is 6.92 Å². The van der Waals surface area contributed by atoms with Crippen molar-refractivity contribution in [3.63, 3.8) is 0 Å². The van der Waals surface area contributed by atoms with Crippen molar-refractivity contribution in [2.24, 2.45) is 0 Å². The van der Waals surface area contributed by atoms with Gasteiger partial charge in [-0.15, -0.1) is 0 Å². The molecular formula is C15H27N3. The quantitative estimate of drug-likeness (QED) is 0.717. The zero-order valence-electron chi connectivity index (χ0n) is 12.3. The fraction of sp³-hybridized carbons (Fsp3) is 0.667. The predicted octanol–water partition coefficient (Wildman–Crippen LogP) is 3.13. The molecule has 1 N–H and O–H groups in total. The second kappa shape index (κ2) is 8.09. The van der Waals surface area contributed by atoms with E-state index in [4.69, 9.17) is 0 Å². The number of hydrogen-bond donors (Lipinski definition) is 1. The van der Waals surface area contributed by atoms with Gasteiger partial charge in [-0.3, -0.25) is 0 Å². The SMILES string of the molecule is CCCCN(C)c1cc(CNCCC)cc(C)n1. The minimum atomic E-state index is 0.936. The molecule has 0 spiro atoms. The van der Waals surface area contributed by atoms with Crippen molar-refractivity contribution < 1.29 is 0 Å². The average molecular weight is 249 g/mol. The highest BCUT2D eigenvalue weighted by molar-refractivity contribution is 5.41. The van der Waals surface area contributed by atoms with E-state index in [0.717, 1.165) is 31.1 Å². The minimum absolute atomic E-state index is 0.936. The van der Waals surface area contributed by atoms with Crippen LogP contribution in [0.4, 0.5) is 5.82 Å². The maximum Gasteiger partial charge on any atom is 0.128 e.